The number of ketones is 2. The second-order valence-electron chi connectivity index (χ2n) is 3.56. The minimum Gasteiger partial charge on any atom is -0.352 e. The molecule has 0 amide bonds. The van der Waals surface area contributed by atoms with E-state index in [1.54, 1.807) is 0 Å². The van der Waals surface area contributed by atoms with E-state index in [4.69, 9.17) is 0 Å². The zero-order chi connectivity index (χ0) is 13.1. The average molecular weight is 244 g/mol. The Bertz CT molecular complexity index is 585. The molecule has 2 rings (SSSR count). The van der Waals surface area contributed by atoms with Crippen LogP contribution in [0.3, 0.4) is 0 Å². The third-order valence-electron chi connectivity index (χ3n) is 2.34. The van der Waals surface area contributed by atoms with Gasteiger partial charge < -0.3 is 5.32 Å². The van der Waals surface area contributed by atoms with E-state index in [0.29, 0.717) is 5.69 Å². The van der Waals surface area contributed by atoms with Crippen molar-refractivity contribution >= 4 is 22.9 Å². The highest BCUT2D eigenvalue weighted by atomic mass is 16.6. The number of allylic oxidation sites excluding steroid dienone is 4. The zero-order valence-electron chi connectivity index (χ0n) is 9.12. The lowest BCUT2D eigenvalue weighted by Gasteiger charge is -2.09. The maximum absolute atomic E-state index is 11.5. The highest BCUT2D eigenvalue weighted by Gasteiger charge is 2.19. The van der Waals surface area contributed by atoms with Crippen LogP contribution in [0.25, 0.3) is 0 Å². The quantitative estimate of drug-likeness (QED) is 0.377. The van der Waals surface area contributed by atoms with Gasteiger partial charge in [0, 0.05) is 17.8 Å². The molecule has 1 aromatic rings. The summed E-state index contributed by atoms with van der Waals surface area (Å²) in [6.07, 6.45) is 4.13. The molecule has 1 N–H and O–H groups in total. The molecule has 0 heterocycles. The Balaban J connectivity index is 2.17. The first-order chi connectivity index (χ1) is 8.58. The van der Waals surface area contributed by atoms with E-state index in [0.717, 1.165) is 0 Å². The molecule has 6 heteroatoms. The molecule has 1 aliphatic rings. The summed E-state index contributed by atoms with van der Waals surface area (Å²) in [5.41, 5.74) is 0.611. The van der Waals surface area contributed by atoms with E-state index < -0.39 is 16.5 Å². The van der Waals surface area contributed by atoms with Crippen molar-refractivity contribution in [2.45, 2.75) is 0 Å². The normalized spacial score (nSPS) is 14.3. The average Bonchev–Trinajstić information content (AvgIpc) is 2.36. The lowest BCUT2D eigenvalue weighted by atomic mass is 10.1. The van der Waals surface area contributed by atoms with Gasteiger partial charge in [0.1, 0.15) is 0 Å². The fourth-order valence-electron chi connectivity index (χ4n) is 1.44. The van der Waals surface area contributed by atoms with E-state index in [-0.39, 0.29) is 11.4 Å². The Kier molecular flexibility index (Phi) is 3.01. The minimum absolute atomic E-state index is 0.0412. The van der Waals surface area contributed by atoms with Crippen molar-refractivity contribution in [3.63, 3.8) is 0 Å². The topological polar surface area (TPSA) is 89.3 Å². The summed E-state index contributed by atoms with van der Waals surface area (Å²) in [5.74, 6) is -1.22. The maximum Gasteiger partial charge on any atom is 0.269 e. The van der Waals surface area contributed by atoms with Gasteiger partial charge in [-0.2, -0.15) is 0 Å². The van der Waals surface area contributed by atoms with Crippen LogP contribution in [0, 0.1) is 10.1 Å². The Morgan fingerprint density at radius 3 is 2.39 bits per heavy atom. The van der Waals surface area contributed by atoms with Gasteiger partial charge in [0.15, 0.2) is 0 Å². The highest BCUT2D eigenvalue weighted by molar-refractivity contribution is 6.48. The summed E-state index contributed by atoms with van der Waals surface area (Å²) in [6.45, 7) is 0. The van der Waals surface area contributed by atoms with Crippen LogP contribution in [0.4, 0.5) is 11.4 Å². The predicted molar refractivity (Wildman–Crippen MR) is 64.0 cm³/mol. The highest BCUT2D eigenvalue weighted by Crippen LogP contribution is 2.18. The zero-order valence-corrected chi connectivity index (χ0v) is 9.12. The number of carbonyl (C=O) groups is 2. The van der Waals surface area contributed by atoms with Crippen LogP contribution >= 0.6 is 0 Å². The molecule has 1 aliphatic carbocycles. The molecule has 1 aromatic carbocycles. The van der Waals surface area contributed by atoms with E-state index in [1.807, 2.05) is 0 Å². The minimum atomic E-state index is -0.629. The third kappa shape index (κ3) is 2.32. The molecule has 0 spiro atoms. The predicted octanol–water partition coefficient (Wildman–Crippen LogP) is 1.60. The van der Waals surface area contributed by atoms with Gasteiger partial charge in [-0.05, 0) is 24.3 Å². The Hall–Kier alpha value is -2.76. The molecule has 0 aliphatic heterocycles. The Labute approximate surface area is 102 Å². The molecule has 0 saturated carbocycles. The van der Waals surface area contributed by atoms with Crippen LogP contribution in [0.15, 0.2) is 48.2 Å². The summed E-state index contributed by atoms with van der Waals surface area (Å²) >= 11 is 0. The summed E-state index contributed by atoms with van der Waals surface area (Å²) in [6, 6.07) is 5.56. The molecule has 18 heavy (non-hydrogen) atoms. The van der Waals surface area contributed by atoms with Gasteiger partial charge in [-0.25, -0.2) is 0 Å². The van der Waals surface area contributed by atoms with Gasteiger partial charge in [0.25, 0.3) is 5.69 Å². The summed E-state index contributed by atoms with van der Waals surface area (Å²) in [7, 11) is 0. The molecule has 0 radical (unpaired) electrons. The lowest BCUT2D eigenvalue weighted by molar-refractivity contribution is -0.384. The van der Waals surface area contributed by atoms with Crippen LogP contribution in [0.1, 0.15) is 0 Å². The van der Waals surface area contributed by atoms with Gasteiger partial charge in [-0.15, -0.1) is 0 Å². The third-order valence-corrected chi connectivity index (χ3v) is 2.34. The van der Waals surface area contributed by atoms with Crippen molar-refractivity contribution in [1.82, 2.24) is 0 Å². The van der Waals surface area contributed by atoms with Crippen molar-refractivity contribution in [1.29, 1.82) is 0 Å². The molecule has 6 nitrogen and oxygen atoms in total. The van der Waals surface area contributed by atoms with Crippen LogP contribution in [-0.4, -0.2) is 16.5 Å². The van der Waals surface area contributed by atoms with E-state index in [1.165, 1.54) is 42.5 Å². The monoisotopic (exact) mass is 244 g/mol. The van der Waals surface area contributed by atoms with Crippen molar-refractivity contribution in [2.75, 3.05) is 5.32 Å². The van der Waals surface area contributed by atoms with E-state index in [2.05, 4.69) is 5.32 Å². The number of nitrogens with zero attached hydrogens (tertiary/aromatic N) is 1. The molecule has 0 bridgehead atoms. The van der Waals surface area contributed by atoms with Crippen LogP contribution in [0.2, 0.25) is 0 Å². The molecule has 0 atom stereocenters. The number of benzene rings is 1. The fraction of sp³-hybridized carbons (Fsp3) is 0. The summed E-state index contributed by atoms with van der Waals surface area (Å²) in [5, 5.41) is 13.2. The molecular formula is C12H8N2O4. The van der Waals surface area contributed by atoms with Gasteiger partial charge in [-0.3, -0.25) is 19.7 Å². The number of carbonyl (C=O) groups excluding carboxylic acids is 2. The van der Waals surface area contributed by atoms with Gasteiger partial charge in [-0.1, -0.05) is 6.08 Å². The molecule has 0 fully saturated rings. The number of nitro groups is 1. The van der Waals surface area contributed by atoms with Gasteiger partial charge >= 0.3 is 0 Å². The standard InChI is InChI=1S/C12H8N2O4/c15-11-3-1-2-10(12(11)16)13-8-4-6-9(7-5-8)14(17)18/h1-7,13H. The van der Waals surface area contributed by atoms with Crippen molar-refractivity contribution < 1.29 is 14.5 Å². The van der Waals surface area contributed by atoms with Crippen LogP contribution in [-0.2, 0) is 9.59 Å². The number of rotatable bonds is 3. The molecule has 0 aromatic heterocycles. The smallest absolute Gasteiger partial charge is 0.269 e. The van der Waals surface area contributed by atoms with E-state index in [9.17, 15) is 19.7 Å². The van der Waals surface area contributed by atoms with Crippen LogP contribution in [0.5, 0.6) is 0 Å². The Morgan fingerprint density at radius 2 is 1.78 bits per heavy atom. The second-order valence-corrected chi connectivity index (χ2v) is 3.56. The number of non-ortho nitro benzene ring substituents is 1. The molecule has 0 unspecified atom stereocenters. The number of hydrogen-bond acceptors (Lipinski definition) is 5. The number of Topliss-reactive ketones (excluding diaryl/α,β-unsaturated/α-hetero) is 1. The summed E-state index contributed by atoms with van der Waals surface area (Å²) in [4.78, 5) is 32.5. The number of hydrogen-bond donors (Lipinski definition) is 1. The van der Waals surface area contributed by atoms with Crippen molar-refractivity contribution in [3.05, 3.63) is 58.3 Å². The van der Waals surface area contributed by atoms with Crippen LogP contribution < -0.4 is 5.32 Å². The number of nitro benzene ring substituents is 1. The number of anilines is 1. The SMILES string of the molecule is O=C1C=CC=C(Nc2ccc([N+](=O)[O-])cc2)C1=O. The molecule has 0 saturated heterocycles. The fourth-order valence-corrected chi connectivity index (χ4v) is 1.44. The molecular weight excluding hydrogens is 236 g/mol. The molecule has 90 valence electrons. The van der Waals surface area contributed by atoms with E-state index >= 15 is 0 Å². The maximum atomic E-state index is 11.5. The van der Waals surface area contributed by atoms with Crippen molar-refractivity contribution in [3.8, 4) is 0 Å². The van der Waals surface area contributed by atoms with Gasteiger partial charge in [0.2, 0.25) is 11.6 Å². The first kappa shape index (κ1) is 11.7. The Morgan fingerprint density at radius 1 is 1.11 bits per heavy atom. The first-order valence-corrected chi connectivity index (χ1v) is 5.06. The largest absolute Gasteiger partial charge is 0.352 e. The summed E-state index contributed by atoms with van der Waals surface area (Å²) < 4.78 is 0. The number of nitrogens with one attached hydrogen (secondary N) is 1. The first-order valence-electron chi connectivity index (χ1n) is 5.06. The lowest BCUT2D eigenvalue weighted by Crippen LogP contribution is -2.21. The van der Waals surface area contributed by atoms with Crippen molar-refractivity contribution in [2.24, 2.45) is 0 Å². The van der Waals surface area contributed by atoms with Gasteiger partial charge in [0.05, 0.1) is 10.6 Å². The second kappa shape index (κ2) is 4.62.